The van der Waals surface area contributed by atoms with E-state index < -0.39 is 10.4 Å². The first-order valence-corrected chi connectivity index (χ1v) is 2.10. The predicted octanol–water partition coefficient (Wildman–Crippen LogP) is 0.188. The molecular formula is H4Cl2O4SZn. The summed E-state index contributed by atoms with van der Waals surface area (Å²) >= 11 is 0. The molecule has 0 unspecified atom stereocenters. The fourth-order valence-corrected chi connectivity index (χ4v) is 0. The zero-order chi connectivity index (χ0) is 4.50. The SMILES string of the molecule is Cl.Cl.O=S(=O)(O)O.[Zn]. The molecule has 8 heteroatoms. The van der Waals surface area contributed by atoms with Gasteiger partial charge >= 0.3 is 10.4 Å². The normalized spacial score (nSPS) is 7.25. The van der Waals surface area contributed by atoms with Crippen LogP contribution in [0.3, 0.4) is 0 Å². The van der Waals surface area contributed by atoms with Crippen molar-refractivity contribution in [2.24, 2.45) is 0 Å². The summed E-state index contributed by atoms with van der Waals surface area (Å²) < 4.78 is 31.6. The van der Waals surface area contributed by atoms with E-state index in [9.17, 15) is 0 Å². The Morgan fingerprint density at radius 2 is 1.00 bits per heavy atom. The summed E-state index contributed by atoms with van der Waals surface area (Å²) in [5.74, 6) is 0. The first kappa shape index (κ1) is 23.0. The van der Waals surface area contributed by atoms with Crippen LogP contribution in [0.25, 0.3) is 0 Å². The number of hydrogen-bond acceptors (Lipinski definition) is 2. The summed E-state index contributed by atoms with van der Waals surface area (Å²) in [4.78, 5) is 0. The molecule has 0 aliphatic rings. The number of hydrogen-bond donors (Lipinski definition) is 2. The molecule has 0 heterocycles. The van der Waals surface area contributed by atoms with Gasteiger partial charge in [-0.2, -0.15) is 8.42 Å². The van der Waals surface area contributed by atoms with E-state index in [1.807, 2.05) is 0 Å². The molecule has 0 saturated heterocycles. The van der Waals surface area contributed by atoms with Gasteiger partial charge < -0.3 is 0 Å². The number of rotatable bonds is 0. The second-order valence-electron chi connectivity index (χ2n) is 0.448. The van der Waals surface area contributed by atoms with Crippen molar-refractivity contribution >= 4 is 35.2 Å². The molecule has 0 radical (unpaired) electrons. The van der Waals surface area contributed by atoms with Gasteiger partial charge in [-0.1, -0.05) is 0 Å². The van der Waals surface area contributed by atoms with E-state index in [1.54, 1.807) is 0 Å². The van der Waals surface area contributed by atoms with E-state index in [4.69, 9.17) is 17.5 Å². The molecule has 2 N–H and O–H groups in total. The van der Waals surface area contributed by atoms with Crippen LogP contribution >= 0.6 is 24.8 Å². The van der Waals surface area contributed by atoms with Crippen molar-refractivity contribution in [3.8, 4) is 0 Å². The van der Waals surface area contributed by atoms with Crippen LogP contribution in [0.5, 0.6) is 0 Å². The Hall–Kier alpha value is 1.07. The predicted molar refractivity (Wildman–Crippen MR) is 28.7 cm³/mol. The molecule has 0 aromatic heterocycles. The standard InChI is InChI=1S/2ClH.H2O4S.Zn/c;;1-5(2,3)4;/h2*1H;(H2,1,2,3,4);. The van der Waals surface area contributed by atoms with Crippen LogP contribution in [0.2, 0.25) is 0 Å². The molecule has 50 valence electrons. The van der Waals surface area contributed by atoms with Gasteiger partial charge in [-0.3, -0.25) is 9.11 Å². The largest absolute Gasteiger partial charge is 0.394 e. The van der Waals surface area contributed by atoms with E-state index in [2.05, 4.69) is 0 Å². The minimum Gasteiger partial charge on any atom is -0.264 e. The Labute approximate surface area is 72.2 Å². The van der Waals surface area contributed by atoms with Crippen molar-refractivity contribution < 1.29 is 37.0 Å². The molecule has 0 aromatic carbocycles. The van der Waals surface area contributed by atoms with Crippen molar-refractivity contribution in [3.05, 3.63) is 0 Å². The van der Waals surface area contributed by atoms with E-state index in [1.165, 1.54) is 0 Å². The van der Waals surface area contributed by atoms with Gasteiger partial charge in [0.15, 0.2) is 0 Å². The second-order valence-corrected chi connectivity index (χ2v) is 1.34. The third kappa shape index (κ3) is 226. The van der Waals surface area contributed by atoms with Gasteiger partial charge in [-0.15, -0.1) is 24.8 Å². The summed E-state index contributed by atoms with van der Waals surface area (Å²) in [7, 11) is -4.67. The summed E-state index contributed by atoms with van der Waals surface area (Å²) in [6.07, 6.45) is 0. The molecule has 0 spiro atoms. The summed E-state index contributed by atoms with van der Waals surface area (Å²) in [5.41, 5.74) is 0. The zero-order valence-electron chi connectivity index (χ0n) is 3.64. The van der Waals surface area contributed by atoms with Crippen molar-refractivity contribution in [3.63, 3.8) is 0 Å². The van der Waals surface area contributed by atoms with E-state index in [-0.39, 0.29) is 44.3 Å². The van der Waals surface area contributed by atoms with Crippen LogP contribution in [0.1, 0.15) is 0 Å². The van der Waals surface area contributed by atoms with Crippen LogP contribution in [0.15, 0.2) is 0 Å². The van der Waals surface area contributed by atoms with Crippen LogP contribution < -0.4 is 0 Å². The van der Waals surface area contributed by atoms with Crippen molar-refractivity contribution in [1.29, 1.82) is 0 Å². The Morgan fingerprint density at radius 1 is 1.00 bits per heavy atom. The second kappa shape index (κ2) is 8.07. The summed E-state index contributed by atoms with van der Waals surface area (Å²) in [6, 6.07) is 0. The van der Waals surface area contributed by atoms with Gasteiger partial charge in [0.25, 0.3) is 0 Å². The first-order valence-electron chi connectivity index (χ1n) is 0.698. The van der Waals surface area contributed by atoms with Crippen LogP contribution in [-0.4, -0.2) is 17.5 Å². The molecule has 0 saturated carbocycles. The van der Waals surface area contributed by atoms with Crippen LogP contribution in [-0.2, 0) is 29.9 Å². The van der Waals surface area contributed by atoms with Crippen molar-refractivity contribution in [1.82, 2.24) is 0 Å². The van der Waals surface area contributed by atoms with E-state index >= 15 is 0 Å². The average molecular weight is 236 g/mol. The van der Waals surface area contributed by atoms with Gasteiger partial charge in [0.2, 0.25) is 0 Å². The molecule has 0 rings (SSSR count). The minimum absolute atomic E-state index is 0. The van der Waals surface area contributed by atoms with E-state index in [0.29, 0.717) is 0 Å². The van der Waals surface area contributed by atoms with Crippen molar-refractivity contribution in [2.75, 3.05) is 0 Å². The maximum atomic E-state index is 8.74. The molecule has 0 aromatic rings. The quantitative estimate of drug-likeness (QED) is 0.465. The molecule has 8 heavy (non-hydrogen) atoms. The first-order chi connectivity index (χ1) is 2.00. The molecule has 0 bridgehead atoms. The molecule has 0 amide bonds. The summed E-state index contributed by atoms with van der Waals surface area (Å²) in [6.45, 7) is 0. The molecule has 0 aliphatic heterocycles. The van der Waals surface area contributed by atoms with Gasteiger partial charge in [0.1, 0.15) is 0 Å². The molecule has 0 atom stereocenters. The van der Waals surface area contributed by atoms with Crippen LogP contribution in [0.4, 0.5) is 0 Å². The molecule has 0 fully saturated rings. The minimum atomic E-state index is -4.67. The third-order valence-corrected chi connectivity index (χ3v) is 0. The monoisotopic (exact) mass is 234 g/mol. The Morgan fingerprint density at radius 3 is 1.00 bits per heavy atom. The van der Waals surface area contributed by atoms with Crippen LogP contribution in [0, 0.1) is 0 Å². The average Bonchev–Trinajstić information content (AvgIpc) is 0.722. The zero-order valence-corrected chi connectivity index (χ0v) is 9.06. The molecular weight excluding hydrogens is 232 g/mol. The van der Waals surface area contributed by atoms with Gasteiger partial charge in [-0.25, -0.2) is 0 Å². The van der Waals surface area contributed by atoms with Gasteiger partial charge in [0.05, 0.1) is 0 Å². The van der Waals surface area contributed by atoms with Gasteiger partial charge in [-0.05, 0) is 0 Å². The van der Waals surface area contributed by atoms with E-state index in [0.717, 1.165) is 0 Å². The topological polar surface area (TPSA) is 74.6 Å². The molecule has 4 nitrogen and oxygen atoms in total. The smallest absolute Gasteiger partial charge is 0.264 e. The Balaban J connectivity index is -0.0000000267. The maximum Gasteiger partial charge on any atom is 0.394 e. The molecule has 0 aliphatic carbocycles. The fraction of sp³-hybridized carbons (Fsp3) is 0. The van der Waals surface area contributed by atoms with Crippen molar-refractivity contribution in [2.45, 2.75) is 0 Å². The maximum absolute atomic E-state index is 8.74. The number of halogens is 2. The fourth-order valence-electron chi connectivity index (χ4n) is 0. The van der Waals surface area contributed by atoms with Gasteiger partial charge in [0, 0.05) is 19.5 Å². The summed E-state index contributed by atoms with van der Waals surface area (Å²) in [5, 5.41) is 0. The third-order valence-electron chi connectivity index (χ3n) is 0. The Bertz CT molecular complexity index is 97.2. The Kier molecular flexibility index (Phi) is 23.2.